The Bertz CT molecular complexity index is 828. The average molecular weight is 326 g/mol. The minimum absolute atomic E-state index is 0.0764. The van der Waals surface area contributed by atoms with Crippen LogP contribution in [0.25, 0.3) is 5.52 Å². The van der Waals surface area contributed by atoms with Crippen LogP contribution in [0.5, 0.6) is 0 Å². The van der Waals surface area contributed by atoms with Crippen molar-refractivity contribution in [3.63, 3.8) is 0 Å². The molecule has 4 rings (SSSR count). The zero-order valence-electron chi connectivity index (χ0n) is 12.8. The van der Waals surface area contributed by atoms with Gasteiger partial charge in [0.2, 0.25) is 0 Å². The van der Waals surface area contributed by atoms with Crippen LogP contribution in [-0.4, -0.2) is 27.0 Å². The summed E-state index contributed by atoms with van der Waals surface area (Å²) in [6.07, 6.45) is 9.06. The first-order valence-corrected chi connectivity index (χ1v) is 8.81. The number of rotatable bonds is 4. The fourth-order valence-corrected chi connectivity index (χ4v) is 4.16. The molecule has 1 aliphatic rings. The number of hydrogen-bond donors (Lipinski definition) is 1. The summed E-state index contributed by atoms with van der Waals surface area (Å²) in [5.74, 6) is -0.0764. The summed E-state index contributed by atoms with van der Waals surface area (Å²) in [7, 11) is 0. The number of nitrogens with one attached hydrogen (secondary N) is 1. The van der Waals surface area contributed by atoms with Gasteiger partial charge < -0.3 is 5.32 Å². The molecule has 5 nitrogen and oxygen atoms in total. The first-order chi connectivity index (χ1) is 11.3. The molecule has 0 bridgehead atoms. The maximum absolute atomic E-state index is 12.3. The molecule has 1 aliphatic carbocycles. The third kappa shape index (κ3) is 2.86. The monoisotopic (exact) mass is 326 g/mol. The van der Waals surface area contributed by atoms with Crippen molar-refractivity contribution in [1.82, 2.24) is 19.9 Å². The van der Waals surface area contributed by atoms with Crippen LogP contribution in [-0.2, 0) is 19.3 Å². The van der Waals surface area contributed by atoms with Crippen molar-refractivity contribution in [1.29, 1.82) is 0 Å². The number of nitrogens with zero attached hydrogens (tertiary/aromatic N) is 3. The summed E-state index contributed by atoms with van der Waals surface area (Å²) in [5, 5.41) is 8.31. The Morgan fingerprint density at radius 3 is 3.13 bits per heavy atom. The van der Waals surface area contributed by atoms with E-state index in [-0.39, 0.29) is 5.91 Å². The molecule has 0 unspecified atom stereocenters. The summed E-state index contributed by atoms with van der Waals surface area (Å²) in [4.78, 5) is 18.5. The fraction of sp³-hybridized carbons (Fsp3) is 0.353. The summed E-state index contributed by atoms with van der Waals surface area (Å²) in [5.41, 5.74) is 2.73. The predicted octanol–water partition coefficient (Wildman–Crippen LogP) is 2.64. The van der Waals surface area contributed by atoms with Gasteiger partial charge in [0.1, 0.15) is 0 Å². The Morgan fingerprint density at radius 2 is 2.22 bits per heavy atom. The van der Waals surface area contributed by atoms with Crippen LogP contribution < -0.4 is 5.32 Å². The molecule has 0 saturated heterocycles. The zero-order valence-corrected chi connectivity index (χ0v) is 13.6. The number of pyridine rings is 1. The normalized spacial score (nSPS) is 13.9. The highest BCUT2D eigenvalue weighted by Crippen LogP contribution is 2.26. The number of thiazole rings is 1. The second-order valence-electron chi connectivity index (χ2n) is 5.78. The summed E-state index contributed by atoms with van der Waals surface area (Å²) in [6, 6.07) is 5.70. The summed E-state index contributed by atoms with van der Waals surface area (Å²) in [6.45, 7) is 0.607. The molecule has 0 spiro atoms. The molecule has 0 fully saturated rings. The predicted molar refractivity (Wildman–Crippen MR) is 90.0 cm³/mol. The first-order valence-electron chi connectivity index (χ1n) is 7.99. The molecule has 23 heavy (non-hydrogen) atoms. The number of carbonyl (C=O) groups excluding carboxylic acids is 1. The minimum atomic E-state index is -0.0764. The van der Waals surface area contributed by atoms with Gasteiger partial charge in [-0.15, -0.1) is 11.3 Å². The lowest BCUT2D eigenvalue weighted by Crippen LogP contribution is -2.25. The van der Waals surface area contributed by atoms with Crippen LogP contribution >= 0.6 is 11.3 Å². The SMILES string of the molecule is O=C(NCCc1nc2c(s1)CCCC2)c1cnn2ccccc12. The molecular weight excluding hydrogens is 308 g/mol. The van der Waals surface area contributed by atoms with Gasteiger partial charge in [0.15, 0.2) is 0 Å². The lowest BCUT2D eigenvalue weighted by Gasteiger charge is -2.06. The van der Waals surface area contributed by atoms with Gasteiger partial charge >= 0.3 is 0 Å². The van der Waals surface area contributed by atoms with Crippen LogP contribution in [0, 0.1) is 0 Å². The van der Waals surface area contributed by atoms with E-state index in [0.29, 0.717) is 12.1 Å². The van der Waals surface area contributed by atoms with Crippen molar-refractivity contribution in [2.45, 2.75) is 32.1 Å². The minimum Gasteiger partial charge on any atom is -0.351 e. The topological polar surface area (TPSA) is 59.3 Å². The van der Waals surface area contributed by atoms with Gasteiger partial charge in [0.25, 0.3) is 5.91 Å². The lowest BCUT2D eigenvalue weighted by molar-refractivity contribution is 0.0956. The highest BCUT2D eigenvalue weighted by Gasteiger charge is 2.16. The van der Waals surface area contributed by atoms with Crippen molar-refractivity contribution < 1.29 is 4.79 Å². The Kier molecular flexibility index (Phi) is 3.83. The van der Waals surface area contributed by atoms with E-state index in [1.165, 1.54) is 29.8 Å². The van der Waals surface area contributed by atoms with Crippen LogP contribution in [0.2, 0.25) is 0 Å². The number of amides is 1. The average Bonchev–Trinajstić information content (AvgIpc) is 3.18. The number of aryl methyl sites for hydroxylation is 2. The quantitative estimate of drug-likeness (QED) is 0.802. The molecule has 3 heterocycles. The van der Waals surface area contributed by atoms with Gasteiger partial charge in [-0.2, -0.15) is 5.10 Å². The molecule has 118 valence electrons. The maximum atomic E-state index is 12.3. The highest BCUT2D eigenvalue weighted by atomic mass is 32.1. The molecule has 1 amide bonds. The van der Waals surface area contributed by atoms with Gasteiger partial charge in [-0.25, -0.2) is 9.50 Å². The second-order valence-corrected chi connectivity index (χ2v) is 6.95. The molecule has 3 aromatic rings. The van der Waals surface area contributed by atoms with Gasteiger partial charge in [-0.1, -0.05) is 6.07 Å². The van der Waals surface area contributed by atoms with Crippen molar-refractivity contribution in [3.8, 4) is 0 Å². The smallest absolute Gasteiger partial charge is 0.255 e. The Balaban J connectivity index is 1.39. The molecule has 0 saturated carbocycles. The molecule has 6 heteroatoms. The van der Waals surface area contributed by atoms with E-state index in [1.54, 1.807) is 10.7 Å². The third-order valence-corrected chi connectivity index (χ3v) is 5.40. The summed E-state index contributed by atoms with van der Waals surface area (Å²) < 4.78 is 1.71. The van der Waals surface area contributed by atoms with Crippen molar-refractivity contribution in [3.05, 3.63) is 51.7 Å². The van der Waals surface area contributed by atoms with E-state index in [1.807, 2.05) is 35.7 Å². The van der Waals surface area contributed by atoms with Gasteiger partial charge in [0, 0.05) is 24.0 Å². The zero-order chi connectivity index (χ0) is 15.6. The van der Waals surface area contributed by atoms with E-state index < -0.39 is 0 Å². The van der Waals surface area contributed by atoms with Crippen molar-refractivity contribution in [2.75, 3.05) is 6.54 Å². The second kappa shape index (κ2) is 6.12. The van der Waals surface area contributed by atoms with Gasteiger partial charge in [0.05, 0.1) is 28.0 Å². The molecule has 3 aromatic heterocycles. The van der Waals surface area contributed by atoms with Crippen molar-refractivity contribution >= 4 is 22.8 Å². The van der Waals surface area contributed by atoms with Crippen LogP contribution in [0.4, 0.5) is 0 Å². The van der Waals surface area contributed by atoms with Gasteiger partial charge in [-0.3, -0.25) is 4.79 Å². The van der Waals surface area contributed by atoms with Crippen LogP contribution in [0.15, 0.2) is 30.6 Å². The van der Waals surface area contributed by atoms with Crippen LogP contribution in [0.3, 0.4) is 0 Å². The Labute approximate surface area is 138 Å². The number of aromatic nitrogens is 3. The molecular formula is C17H18N4OS. The molecule has 1 N–H and O–H groups in total. The standard InChI is InChI=1S/C17H18N4OS/c22-17(12-11-19-21-10-4-3-6-14(12)21)18-9-8-16-20-13-5-1-2-7-15(13)23-16/h3-4,6,10-11H,1-2,5,7-9H2,(H,18,22). The largest absolute Gasteiger partial charge is 0.351 e. The molecule has 0 aliphatic heterocycles. The van der Waals surface area contributed by atoms with Crippen LogP contribution in [0.1, 0.15) is 38.8 Å². The molecule has 0 atom stereocenters. The third-order valence-electron chi connectivity index (χ3n) is 4.19. The highest BCUT2D eigenvalue weighted by molar-refractivity contribution is 7.11. The van der Waals surface area contributed by atoms with Crippen molar-refractivity contribution in [2.24, 2.45) is 0 Å². The Morgan fingerprint density at radius 1 is 1.30 bits per heavy atom. The fourth-order valence-electron chi connectivity index (χ4n) is 3.00. The number of fused-ring (bicyclic) bond motifs is 2. The lowest BCUT2D eigenvalue weighted by atomic mass is 10.0. The molecule has 0 radical (unpaired) electrons. The number of carbonyl (C=O) groups is 1. The molecule has 0 aromatic carbocycles. The van der Waals surface area contributed by atoms with E-state index in [2.05, 4.69) is 10.4 Å². The van der Waals surface area contributed by atoms with E-state index in [9.17, 15) is 4.79 Å². The van der Waals surface area contributed by atoms with E-state index in [4.69, 9.17) is 4.98 Å². The first kappa shape index (κ1) is 14.4. The van der Waals surface area contributed by atoms with E-state index >= 15 is 0 Å². The van der Waals surface area contributed by atoms with Gasteiger partial charge in [-0.05, 0) is 37.8 Å². The van der Waals surface area contributed by atoms with E-state index in [0.717, 1.165) is 23.4 Å². The number of hydrogen-bond acceptors (Lipinski definition) is 4. The maximum Gasteiger partial charge on any atom is 0.255 e. The summed E-state index contributed by atoms with van der Waals surface area (Å²) >= 11 is 1.81. The Hall–Kier alpha value is -2.21.